The number of fused-ring (bicyclic) bond motifs is 16. The van der Waals surface area contributed by atoms with E-state index in [-0.39, 0.29) is 0 Å². The molecule has 3 aliphatic rings. The van der Waals surface area contributed by atoms with E-state index in [1.165, 1.54) is 9.80 Å². The average Bonchev–Trinajstić information content (AvgIpc) is 1.52. The number of carbonyl (C=O) groups excluding carboxylic acids is 4. The third kappa shape index (κ3) is 8.41. The van der Waals surface area contributed by atoms with Crippen molar-refractivity contribution in [1.82, 2.24) is 18.3 Å². The fourth-order valence-electron chi connectivity index (χ4n) is 17.5. The fourth-order valence-corrected chi connectivity index (χ4v) is 17.5. The number of hydrogen-bond acceptors (Lipinski definition) is 4. The quantitative estimate of drug-likeness (QED) is 0.128. The van der Waals surface area contributed by atoms with E-state index < -0.39 is 47.3 Å². The molecule has 3 fully saturated rings. The first-order valence-electron chi connectivity index (χ1n) is 34.7. The van der Waals surface area contributed by atoms with E-state index in [2.05, 4.69) is 249 Å². The van der Waals surface area contributed by atoms with Crippen LogP contribution in [0.15, 0.2) is 328 Å². The number of amides is 4. The Morgan fingerprint density at radius 1 is 0.167 bits per heavy atom. The van der Waals surface area contributed by atoms with Gasteiger partial charge in [0.05, 0.1) is 79.2 Å². The minimum atomic E-state index is -1.05. The van der Waals surface area contributed by atoms with Crippen LogP contribution in [0.4, 0.5) is 11.4 Å². The number of para-hydroxylation sites is 8. The smallest absolute Gasteiger partial charge is 0.238 e. The van der Waals surface area contributed by atoms with Crippen molar-refractivity contribution in [2.45, 2.75) is 0 Å². The molecule has 21 rings (SSSR count). The summed E-state index contributed by atoms with van der Waals surface area (Å²) in [6.45, 7) is 0. The first-order chi connectivity index (χ1) is 50.3. The van der Waals surface area contributed by atoms with Crippen LogP contribution in [0.3, 0.4) is 0 Å². The van der Waals surface area contributed by atoms with Crippen molar-refractivity contribution in [2.75, 3.05) is 9.80 Å². The molecule has 10 heteroatoms. The highest BCUT2D eigenvalue weighted by Crippen LogP contribution is 2.59. The highest BCUT2D eigenvalue weighted by Gasteiger charge is 2.73. The van der Waals surface area contributed by atoms with Gasteiger partial charge in [-0.25, -0.2) is 9.80 Å². The van der Waals surface area contributed by atoms with Crippen molar-refractivity contribution in [2.24, 2.45) is 23.7 Å². The zero-order chi connectivity index (χ0) is 67.6. The van der Waals surface area contributed by atoms with Crippen LogP contribution >= 0.6 is 0 Å². The molecule has 2 aliphatic heterocycles. The van der Waals surface area contributed by atoms with E-state index in [1.54, 1.807) is 0 Å². The number of hydrogen-bond donors (Lipinski definition) is 0. The lowest BCUT2D eigenvalue weighted by atomic mass is 9.59. The minimum absolute atomic E-state index is 0.380. The van der Waals surface area contributed by atoms with Crippen LogP contribution in [0.25, 0.3) is 154 Å². The molecular formula is C92H58N6O4. The number of rotatable bonds is 10. The summed E-state index contributed by atoms with van der Waals surface area (Å²) >= 11 is 0. The Morgan fingerprint density at radius 2 is 0.373 bits per heavy atom. The normalized spacial score (nSPS) is 16.7. The Morgan fingerprint density at radius 3 is 0.608 bits per heavy atom. The number of imide groups is 2. The van der Waals surface area contributed by atoms with Gasteiger partial charge in [0.25, 0.3) is 0 Å². The van der Waals surface area contributed by atoms with Gasteiger partial charge in [-0.2, -0.15) is 0 Å². The maximum absolute atomic E-state index is 15.7. The Bertz CT molecular complexity index is 5840. The van der Waals surface area contributed by atoms with Crippen LogP contribution in [0.1, 0.15) is 0 Å². The second-order valence-corrected chi connectivity index (χ2v) is 27.3. The average molecular weight is 1310 g/mol. The Labute approximate surface area is 584 Å². The molecule has 480 valence electrons. The van der Waals surface area contributed by atoms with E-state index in [0.717, 1.165) is 154 Å². The molecule has 18 aromatic rings. The molecule has 1 saturated carbocycles. The molecule has 0 atom stereocenters. The topological polar surface area (TPSA) is 94.5 Å². The predicted octanol–water partition coefficient (Wildman–Crippen LogP) is 20.7. The van der Waals surface area contributed by atoms with Crippen molar-refractivity contribution in [3.8, 4) is 67.3 Å². The number of anilines is 2. The Balaban J connectivity index is 0.687. The molecule has 0 radical (unpaired) electrons. The van der Waals surface area contributed by atoms with Crippen molar-refractivity contribution in [3.63, 3.8) is 0 Å². The summed E-state index contributed by atoms with van der Waals surface area (Å²) in [4.78, 5) is 65.4. The molecule has 14 aromatic carbocycles. The summed E-state index contributed by atoms with van der Waals surface area (Å²) in [6, 6.07) is 113. The molecule has 2 saturated heterocycles. The van der Waals surface area contributed by atoms with Gasteiger partial charge in [-0.1, -0.05) is 170 Å². The number of carbonyl (C=O) groups is 4. The third-order valence-corrected chi connectivity index (χ3v) is 22.0. The maximum Gasteiger partial charge on any atom is 0.238 e. The summed E-state index contributed by atoms with van der Waals surface area (Å²) < 4.78 is 9.13. The second-order valence-electron chi connectivity index (χ2n) is 27.3. The number of benzene rings is 14. The van der Waals surface area contributed by atoms with Gasteiger partial charge in [-0.05, 0) is 202 Å². The van der Waals surface area contributed by atoms with Gasteiger partial charge in [0.15, 0.2) is 0 Å². The van der Waals surface area contributed by atoms with Gasteiger partial charge >= 0.3 is 0 Å². The summed E-state index contributed by atoms with van der Waals surface area (Å²) in [5, 5.41) is 8.55. The van der Waals surface area contributed by atoms with Crippen molar-refractivity contribution in [1.29, 1.82) is 0 Å². The second kappa shape index (κ2) is 22.0. The molecule has 4 amide bonds. The van der Waals surface area contributed by atoms with Gasteiger partial charge in [-0.15, -0.1) is 0 Å². The van der Waals surface area contributed by atoms with Crippen LogP contribution in [-0.4, -0.2) is 41.9 Å². The van der Waals surface area contributed by atoms with Gasteiger partial charge in [0, 0.05) is 65.8 Å². The largest absolute Gasteiger partial charge is 0.309 e. The molecule has 0 spiro atoms. The summed E-state index contributed by atoms with van der Waals surface area (Å²) in [7, 11) is 0. The zero-order valence-corrected chi connectivity index (χ0v) is 54.8. The van der Waals surface area contributed by atoms with Crippen LogP contribution in [-0.2, 0) is 19.2 Å². The van der Waals surface area contributed by atoms with E-state index in [9.17, 15) is 0 Å². The van der Waals surface area contributed by atoms with Crippen LogP contribution in [0, 0.1) is 23.7 Å². The molecular weight excluding hydrogens is 1250 g/mol. The maximum atomic E-state index is 15.7. The number of aromatic nitrogens is 4. The van der Waals surface area contributed by atoms with Crippen LogP contribution < -0.4 is 9.80 Å². The summed E-state index contributed by atoms with van der Waals surface area (Å²) in [6.07, 6.45) is 0. The van der Waals surface area contributed by atoms with Crippen molar-refractivity contribution < 1.29 is 19.2 Å². The van der Waals surface area contributed by atoms with Crippen molar-refractivity contribution >= 4 is 122 Å². The molecule has 0 N–H and O–H groups in total. The first kappa shape index (κ1) is 57.6. The van der Waals surface area contributed by atoms with Crippen molar-refractivity contribution in [3.05, 3.63) is 328 Å². The number of nitrogens with zero attached hydrogens (tertiary/aromatic N) is 6. The van der Waals surface area contributed by atoms with Gasteiger partial charge in [0.2, 0.25) is 23.6 Å². The van der Waals surface area contributed by atoms with Gasteiger partial charge in [-0.3, -0.25) is 19.2 Å². The Kier molecular flexibility index (Phi) is 12.4. The van der Waals surface area contributed by atoms with Crippen LogP contribution in [0.5, 0.6) is 0 Å². The van der Waals surface area contributed by atoms with E-state index in [4.69, 9.17) is 0 Å². The molecule has 10 nitrogen and oxygen atoms in total. The molecule has 1 aliphatic carbocycles. The van der Waals surface area contributed by atoms with Crippen LogP contribution in [0.2, 0.25) is 0 Å². The standard InChI is InChI=1S/C92H58N6O4/c99-89-85-86(90(100)97(89)67-47-59(55-37-41-81-73(51-55)69-29-13-17-33-77(69)93(81)63-21-5-1-6-22-63)45-60(48-67)56-38-42-82-74(52-56)70-30-14-18-34-78(70)94(82)64-23-7-2-8-24-64)88-87(85)91(101)98(92(88)102)68-49-61(57-39-43-83-75(53-57)71-31-15-19-35-79(71)95(83)65-25-9-3-10-26-65)46-62(50-68)58-40-44-84-76(54-58)72-32-16-20-36-80(72)96(84)66-27-11-4-12-28-66/h1-54,85-88H. The van der Waals surface area contributed by atoms with Gasteiger partial charge < -0.3 is 18.3 Å². The SMILES string of the molecule is O=C1C2C(C(=O)N1c1cc(-c3ccc4c(c3)c3ccccc3n4-c3ccccc3)cc(-c3ccc4c(c3)c3ccccc3n4-c3ccccc3)c1)C1C(=O)N(c3cc(-c4ccc5c(c4)c4ccccc4n5-c4ccccc4)cc(-c4ccc5c(c4)c4ccccc4n5-c4ccccc4)c3)C(=O)C21. The summed E-state index contributed by atoms with van der Waals surface area (Å²) in [5.41, 5.74) is 20.1. The lowest BCUT2D eigenvalue weighted by Crippen LogP contribution is -2.50. The van der Waals surface area contributed by atoms with E-state index >= 15 is 19.2 Å². The lowest BCUT2D eigenvalue weighted by Gasteiger charge is -2.36. The fraction of sp³-hybridized carbons (Fsp3) is 0.0435. The Hall–Kier alpha value is -13.4. The highest BCUT2D eigenvalue weighted by molar-refractivity contribution is 6.33. The van der Waals surface area contributed by atoms with E-state index in [1.807, 2.05) is 97.1 Å². The van der Waals surface area contributed by atoms with E-state index in [0.29, 0.717) is 11.4 Å². The molecule has 0 unspecified atom stereocenters. The third-order valence-electron chi connectivity index (χ3n) is 22.0. The highest BCUT2D eigenvalue weighted by atomic mass is 16.2. The zero-order valence-electron chi connectivity index (χ0n) is 54.8. The molecule has 102 heavy (non-hydrogen) atoms. The monoisotopic (exact) mass is 1310 g/mol. The summed E-state index contributed by atoms with van der Waals surface area (Å²) in [5.74, 6) is -6.13. The minimum Gasteiger partial charge on any atom is -0.309 e. The van der Waals surface area contributed by atoms with Gasteiger partial charge in [0.1, 0.15) is 0 Å². The predicted molar refractivity (Wildman–Crippen MR) is 411 cm³/mol. The molecule has 6 heterocycles. The first-order valence-corrected chi connectivity index (χ1v) is 34.7. The molecule has 4 aromatic heterocycles. The molecule has 0 bridgehead atoms. The lowest BCUT2D eigenvalue weighted by molar-refractivity contribution is -0.146.